The molecule has 82 valence electrons. The zero-order valence-corrected chi connectivity index (χ0v) is 10.4. The van der Waals surface area contributed by atoms with Crippen LogP contribution in [0.3, 0.4) is 0 Å². The van der Waals surface area contributed by atoms with Crippen LogP contribution in [0.1, 0.15) is 18.4 Å². The molecule has 0 unspecified atom stereocenters. The average molecular weight is 248 g/mol. The molecule has 1 N–H and O–H groups in total. The third kappa shape index (κ3) is 1.44. The van der Waals surface area contributed by atoms with Crippen LogP contribution in [-0.4, -0.2) is 27.5 Å². The lowest BCUT2D eigenvalue weighted by molar-refractivity contribution is 0.480. The van der Waals surface area contributed by atoms with Gasteiger partial charge in [0.25, 0.3) is 0 Å². The van der Waals surface area contributed by atoms with Gasteiger partial charge in [0.05, 0.1) is 6.04 Å². The van der Waals surface area contributed by atoms with E-state index in [-0.39, 0.29) is 0 Å². The molecule has 1 fully saturated rings. The van der Waals surface area contributed by atoms with E-state index in [0.717, 1.165) is 34.2 Å². The lowest BCUT2D eigenvalue weighted by Crippen LogP contribution is -2.39. The van der Waals surface area contributed by atoms with Crippen molar-refractivity contribution < 1.29 is 0 Å². The molecule has 0 bridgehead atoms. The van der Waals surface area contributed by atoms with E-state index in [1.165, 1.54) is 6.42 Å². The summed E-state index contributed by atoms with van der Waals surface area (Å²) in [7, 11) is 0. The molecular weight excluding hydrogens is 236 g/mol. The quantitative estimate of drug-likeness (QED) is 0.710. The van der Waals surface area contributed by atoms with Gasteiger partial charge in [0.15, 0.2) is 0 Å². The van der Waals surface area contributed by atoms with E-state index in [0.29, 0.717) is 6.04 Å². The molecule has 2 nitrogen and oxygen atoms in total. The van der Waals surface area contributed by atoms with E-state index in [9.17, 15) is 0 Å². The zero-order chi connectivity index (χ0) is 11.1. The predicted molar refractivity (Wildman–Crippen MR) is 74.1 cm³/mol. The number of hydrogen-bond acceptors (Lipinski definition) is 2. The van der Waals surface area contributed by atoms with Crippen molar-refractivity contribution in [3.8, 4) is 0 Å². The molecule has 4 heteroatoms. The first-order chi connectivity index (χ1) is 7.77. The number of rotatable bonds is 0. The summed E-state index contributed by atoms with van der Waals surface area (Å²) in [6, 6.07) is 8.43. The van der Waals surface area contributed by atoms with Gasteiger partial charge >= 0.3 is 0 Å². The summed E-state index contributed by atoms with van der Waals surface area (Å²) in [6.07, 6.45) is 2.29. The number of thiocarbonyl (C=S) groups is 2. The number of benzene rings is 1. The minimum absolute atomic E-state index is 0.301. The lowest BCUT2D eigenvalue weighted by Gasteiger charge is -2.24. The number of fused-ring (bicyclic) bond motifs is 2. The van der Waals surface area contributed by atoms with Crippen LogP contribution in [0.15, 0.2) is 24.3 Å². The molecule has 1 aromatic carbocycles. The summed E-state index contributed by atoms with van der Waals surface area (Å²) in [5.41, 5.74) is 2.15. The highest BCUT2D eigenvalue weighted by Gasteiger charge is 2.33. The third-order valence-corrected chi connectivity index (χ3v) is 4.06. The van der Waals surface area contributed by atoms with E-state index in [4.69, 9.17) is 24.4 Å². The van der Waals surface area contributed by atoms with E-state index in [1.807, 2.05) is 18.2 Å². The van der Waals surface area contributed by atoms with E-state index >= 15 is 0 Å². The minimum Gasteiger partial charge on any atom is -0.353 e. The second kappa shape index (κ2) is 3.79. The Hall–Kier alpha value is -1.00. The Kier molecular flexibility index (Phi) is 2.41. The molecule has 0 aliphatic carbocycles. The van der Waals surface area contributed by atoms with Crippen molar-refractivity contribution in [2.75, 3.05) is 11.9 Å². The van der Waals surface area contributed by atoms with Gasteiger partial charge in [-0.1, -0.05) is 36.6 Å². The molecule has 3 rings (SSSR count). The Morgan fingerprint density at radius 3 is 2.94 bits per heavy atom. The molecule has 2 heterocycles. The number of nitrogens with one attached hydrogen (secondary N) is 1. The average Bonchev–Trinajstić information content (AvgIpc) is 2.74. The molecule has 1 aromatic rings. The van der Waals surface area contributed by atoms with Gasteiger partial charge in [-0.2, -0.15) is 0 Å². The van der Waals surface area contributed by atoms with Gasteiger partial charge in [-0.15, -0.1) is 0 Å². The first-order valence-electron chi connectivity index (χ1n) is 5.48. The second-order valence-corrected chi connectivity index (χ2v) is 5.02. The molecule has 1 atom stereocenters. The first kappa shape index (κ1) is 10.2. The van der Waals surface area contributed by atoms with Crippen LogP contribution in [-0.2, 0) is 0 Å². The van der Waals surface area contributed by atoms with Gasteiger partial charge in [0.2, 0.25) is 0 Å². The fourth-order valence-corrected chi connectivity index (χ4v) is 3.18. The second-order valence-electron chi connectivity index (χ2n) is 4.19. The van der Waals surface area contributed by atoms with Gasteiger partial charge in [-0.3, -0.25) is 0 Å². The van der Waals surface area contributed by atoms with Crippen LogP contribution in [0.2, 0.25) is 0 Å². The van der Waals surface area contributed by atoms with E-state index in [1.54, 1.807) is 0 Å². The Bertz CT molecular complexity index is 470. The fraction of sp³-hybridized carbons (Fsp3) is 0.333. The van der Waals surface area contributed by atoms with Crippen molar-refractivity contribution in [1.82, 2.24) is 4.90 Å². The number of para-hydroxylation sites is 1. The highest BCUT2D eigenvalue weighted by atomic mass is 32.1. The van der Waals surface area contributed by atoms with Crippen molar-refractivity contribution >= 4 is 40.1 Å². The molecule has 16 heavy (non-hydrogen) atoms. The maximum Gasteiger partial charge on any atom is 0.111 e. The summed E-state index contributed by atoms with van der Waals surface area (Å²) in [4.78, 5) is 4.10. The highest BCUT2D eigenvalue weighted by Crippen LogP contribution is 2.29. The zero-order valence-electron chi connectivity index (χ0n) is 8.77. The number of anilines is 1. The van der Waals surface area contributed by atoms with E-state index in [2.05, 4.69) is 16.3 Å². The van der Waals surface area contributed by atoms with Gasteiger partial charge in [0, 0.05) is 17.8 Å². The Morgan fingerprint density at radius 2 is 2.06 bits per heavy atom. The lowest BCUT2D eigenvalue weighted by atomic mass is 10.1. The molecule has 0 aromatic heterocycles. The Morgan fingerprint density at radius 1 is 1.25 bits per heavy atom. The molecular formula is C12H12N2S2. The predicted octanol–water partition coefficient (Wildman–Crippen LogP) is 2.58. The largest absolute Gasteiger partial charge is 0.353 e. The molecule has 0 spiro atoms. The topological polar surface area (TPSA) is 15.3 Å². The van der Waals surface area contributed by atoms with Crippen molar-refractivity contribution in [2.45, 2.75) is 18.9 Å². The summed E-state index contributed by atoms with van der Waals surface area (Å²) in [6.45, 7) is 1.03. The normalized spacial score (nSPS) is 23.5. The standard InChI is InChI=1S/C12H12N2S2/c15-11-10-6-3-7-14(10)12(16)8-4-1-2-5-9(8)13-11/h1-2,4-5,10H,3,6-7H2,(H,13,15)/t10-/m1/s1. The molecule has 0 amide bonds. The molecule has 1 saturated heterocycles. The van der Waals surface area contributed by atoms with Crippen molar-refractivity contribution in [3.63, 3.8) is 0 Å². The maximum atomic E-state index is 5.56. The third-order valence-electron chi connectivity index (χ3n) is 3.23. The van der Waals surface area contributed by atoms with Crippen molar-refractivity contribution in [1.29, 1.82) is 0 Å². The van der Waals surface area contributed by atoms with Crippen molar-refractivity contribution in [2.24, 2.45) is 0 Å². The van der Waals surface area contributed by atoms with Crippen LogP contribution in [0, 0.1) is 0 Å². The first-order valence-corrected chi connectivity index (χ1v) is 6.30. The Labute approximate surface area is 106 Å². The molecule has 2 aliphatic rings. The molecule has 0 saturated carbocycles. The summed E-state index contributed by atoms with van der Waals surface area (Å²) < 4.78 is 0. The van der Waals surface area contributed by atoms with Crippen LogP contribution >= 0.6 is 24.4 Å². The van der Waals surface area contributed by atoms with Gasteiger partial charge < -0.3 is 10.2 Å². The molecule has 2 aliphatic heterocycles. The minimum atomic E-state index is 0.301. The van der Waals surface area contributed by atoms with Crippen LogP contribution in [0.5, 0.6) is 0 Å². The molecule has 0 radical (unpaired) electrons. The highest BCUT2D eigenvalue weighted by molar-refractivity contribution is 7.81. The van der Waals surface area contributed by atoms with Crippen LogP contribution in [0.4, 0.5) is 5.69 Å². The smallest absolute Gasteiger partial charge is 0.111 e. The van der Waals surface area contributed by atoms with Crippen LogP contribution in [0.25, 0.3) is 0 Å². The van der Waals surface area contributed by atoms with Gasteiger partial charge in [0.1, 0.15) is 9.98 Å². The summed E-state index contributed by atoms with van der Waals surface area (Å²) in [5.74, 6) is 0. The summed E-state index contributed by atoms with van der Waals surface area (Å²) in [5, 5.41) is 3.33. The maximum absolute atomic E-state index is 5.56. The SMILES string of the molecule is S=C1Nc2ccccc2C(=S)N2CCC[C@H]12. The van der Waals surface area contributed by atoms with E-state index < -0.39 is 0 Å². The number of hydrogen-bond donors (Lipinski definition) is 1. The Balaban J connectivity index is 2.11. The fourth-order valence-electron chi connectivity index (χ4n) is 2.43. The summed E-state index contributed by atoms with van der Waals surface area (Å²) >= 11 is 11.0. The number of nitrogens with zero attached hydrogens (tertiary/aromatic N) is 1. The van der Waals surface area contributed by atoms with Crippen LogP contribution < -0.4 is 5.32 Å². The monoisotopic (exact) mass is 248 g/mol. The van der Waals surface area contributed by atoms with Crippen molar-refractivity contribution in [3.05, 3.63) is 29.8 Å². The van der Waals surface area contributed by atoms with Gasteiger partial charge in [-0.05, 0) is 25.0 Å². The van der Waals surface area contributed by atoms with Gasteiger partial charge in [-0.25, -0.2) is 0 Å².